The Bertz CT molecular complexity index is 1610. The third-order valence-electron chi connectivity index (χ3n) is 8.41. The number of carboxylic acids is 1. The van der Waals surface area contributed by atoms with Gasteiger partial charge in [-0.3, -0.25) is 14.8 Å². The van der Waals surface area contributed by atoms with Crippen molar-refractivity contribution in [3.8, 4) is 11.5 Å². The number of nitrogens with one attached hydrogen (secondary N) is 2. The molecule has 0 spiro atoms. The van der Waals surface area contributed by atoms with Crippen LogP contribution in [0.1, 0.15) is 41.8 Å². The van der Waals surface area contributed by atoms with Crippen molar-refractivity contribution >= 4 is 29.2 Å². The first kappa shape index (κ1) is 26.4. The van der Waals surface area contributed by atoms with Gasteiger partial charge in [-0.1, -0.05) is 23.7 Å². The number of piperidine rings is 1. The molecule has 2 fully saturated rings. The second-order valence-corrected chi connectivity index (χ2v) is 11.0. The number of rotatable bonds is 7. The third kappa shape index (κ3) is 4.06. The number of aliphatic carboxylic acids is 1. The maximum Gasteiger partial charge on any atom is 0.310 e. The maximum atomic E-state index is 16.4. The van der Waals surface area contributed by atoms with Gasteiger partial charge in [0.25, 0.3) is 0 Å². The van der Waals surface area contributed by atoms with Gasteiger partial charge in [-0.25, -0.2) is 18.7 Å². The lowest BCUT2D eigenvalue weighted by Gasteiger charge is -2.35. The number of oxazole rings is 1. The Kier molecular flexibility index (Phi) is 6.38. The van der Waals surface area contributed by atoms with Gasteiger partial charge in [0.05, 0.1) is 27.9 Å². The number of likely N-dealkylation sites (tertiary alicyclic amines) is 1. The standard InChI is InChI=1S/C28H27ClF2N6O3/c1-13-11-18(36-35-13)33-25-14(2)19(26-32-8-10-40-26)23(31)24(34-25)21-20-15(3)37(9-7-28(20,21)27(38)39)12-16-5-4-6-17(29)22(16)30/h4-6,8,10-11,15,20-21H,7,9,12H2,1-3H3,(H,38,39)(H2,33,34,35,36)/t15-,20?,21?,28-/m1/s1. The number of nitrogens with zero attached hydrogens (tertiary/aromatic N) is 4. The highest BCUT2D eigenvalue weighted by molar-refractivity contribution is 6.30. The van der Waals surface area contributed by atoms with Crippen LogP contribution in [-0.4, -0.2) is 48.7 Å². The number of fused-ring (bicyclic) bond motifs is 1. The average Bonchev–Trinajstić information content (AvgIpc) is 3.18. The van der Waals surface area contributed by atoms with Gasteiger partial charge in [0, 0.05) is 47.3 Å². The van der Waals surface area contributed by atoms with E-state index in [2.05, 4.69) is 25.5 Å². The Morgan fingerprint density at radius 2 is 2.12 bits per heavy atom. The minimum atomic E-state index is -1.21. The molecule has 1 saturated carbocycles. The van der Waals surface area contributed by atoms with Gasteiger partial charge >= 0.3 is 5.97 Å². The predicted molar refractivity (Wildman–Crippen MR) is 143 cm³/mol. The zero-order valence-corrected chi connectivity index (χ0v) is 22.8. The number of hydrogen-bond donors (Lipinski definition) is 3. The number of aromatic amines is 1. The maximum absolute atomic E-state index is 16.4. The first-order chi connectivity index (χ1) is 19.1. The summed E-state index contributed by atoms with van der Waals surface area (Å²) >= 11 is 5.99. The van der Waals surface area contributed by atoms with E-state index in [0.29, 0.717) is 29.3 Å². The molecule has 1 saturated heterocycles. The third-order valence-corrected chi connectivity index (χ3v) is 8.70. The predicted octanol–water partition coefficient (Wildman–Crippen LogP) is 5.83. The number of halogens is 3. The number of H-pyrrole nitrogens is 1. The van der Waals surface area contributed by atoms with Crippen LogP contribution >= 0.6 is 11.6 Å². The fraction of sp³-hybridized carbons (Fsp3) is 0.357. The summed E-state index contributed by atoms with van der Waals surface area (Å²) in [6.45, 7) is 6.09. The van der Waals surface area contributed by atoms with Gasteiger partial charge in [0.1, 0.15) is 17.9 Å². The van der Waals surface area contributed by atoms with E-state index in [1.165, 1.54) is 18.5 Å². The van der Waals surface area contributed by atoms with Crippen LogP contribution in [-0.2, 0) is 11.3 Å². The summed E-state index contributed by atoms with van der Waals surface area (Å²) in [5, 5.41) is 20.7. The number of carboxylic acid groups (broad SMARTS) is 1. The van der Waals surface area contributed by atoms with Crippen LogP contribution in [0.2, 0.25) is 5.02 Å². The Hall–Kier alpha value is -3.83. The van der Waals surface area contributed by atoms with Crippen LogP contribution < -0.4 is 5.32 Å². The molecule has 40 heavy (non-hydrogen) atoms. The van der Waals surface area contributed by atoms with Crippen LogP contribution in [0, 0.1) is 36.8 Å². The number of carbonyl (C=O) groups is 1. The molecule has 9 nitrogen and oxygen atoms in total. The molecule has 4 aromatic rings. The molecule has 3 N–H and O–H groups in total. The molecule has 6 rings (SSSR count). The quantitative estimate of drug-likeness (QED) is 0.255. The van der Waals surface area contributed by atoms with Gasteiger partial charge in [-0.2, -0.15) is 5.10 Å². The van der Waals surface area contributed by atoms with Crippen molar-refractivity contribution in [2.45, 2.75) is 45.7 Å². The van der Waals surface area contributed by atoms with Crippen molar-refractivity contribution in [1.29, 1.82) is 0 Å². The molecule has 0 amide bonds. The summed E-state index contributed by atoms with van der Waals surface area (Å²) in [5.41, 5.74) is 0.621. The van der Waals surface area contributed by atoms with E-state index < -0.39 is 34.9 Å². The lowest BCUT2D eigenvalue weighted by Crippen LogP contribution is -2.43. The Balaban J connectivity index is 1.42. The molecular weight excluding hydrogens is 542 g/mol. The summed E-state index contributed by atoms with van der Waals surface area (Å²) in [6, 6.07) is 6.31. The number of anilines is 2. The van der Waals surface area contributed by atoms with Gasteiger partial charge in [0.15, 0.2) is 11.6 Å². The molecule has 2 unspecified atom stereocenters. The molecule has 2 aliphatic rings. The van der Waals surface area contributed by atoms with E-state index in [-0.39, 0.29) is 41.2 Å². The summed E-state index contributed by atoms with van der Waals surface area (Å²) in [4.78, 5) is 23.6. The van der Waals surface area contributed by atoms with E-state index in [9.17, 15) is 14.3 Å². The second kappa shape index (κ2) is 9.67. The van der Waals surface area contributed by atoms with Gasteiger partial charge in [-0.15, -0.1) is 0 Å². The van der Waals surface area contributed by atoms with Crippen molar-refractivity contribution < 1.29 is 23.1 Å². The van der Waals surface area contributed by atoms with Gasteiger partial charge in [0.2, 0.25) is 5.89 Å². The zero-order chi connectivity index (χ0) is 28.3. The number of hydrogen-bond acceptors (Lipinski definition) is 7. The van der Waals surface area contributed by atoms with E-state index in [4.69, 9.17) is 16.0 Å². The smallest absolute Gasteiger partial charge is 0.310 e. The zero-order valence-electron chi connectivity index (χ0n) is 22.0. The SMILES string of the molecule is Cc1cc(Nc2nc(C3C4[C@@H](C)N(Cc5cccc(Cl)c5F)CC[C@]34C(=O)O)c(F)c(-c3ncco3)c2C)n[nH]1. The van der Waals surface area contributed by atoms with Gasteiger partial charge in [-0.05, 0) is 39.8 Å². The van der Waals surface area contributed by atoms with Crippen molar-refractivity contribution in [2.75, 3.05) is 11.9 Å². The molecule has 1 aromatic carbocycles. The monoisotopic (exact) mass is 568 g/mol. The second-order valence-electron chi connectivity index (χ2n) is 10.6. The molecule has 0 radical (unpaired) electrons. The molecule has 208 valence electrons. The number of benzene rings is 1. The molecule has 1 aliphatic heterocycles. The fourth-order valence-corrected chi connectivity index (χ4v) is 6.56. The molecule has 3 aromatic heterocycles. The molecule has 0 bridgehead atoms. The van der Waals surface area contributed by atoms with Crippen LogP contribution in [0.25, 0.3) is 11.5 Å². The lowest BCUT2D eigenvalue weighted by atomic mass is 9.90. The van der Waals surface area contributed by atoms with Crippen molar-refractivity contribution in [3.63, 3.8) is 0 Å². The van der Waals surface area contributed by atoms with Crippen molar-refractivity contribution in [3.05, 3.63) is 75.9 Å². The highest BCUT2D eigenvalue weighted by Gasteiger charge is 2.75. The molecule has 12 heteroatoms. The Labute approximate surface area is 233 Å². The van der Waals surface area contributed by atoms with Crippen molar-refractivity contribution in [1.82, 2.24) is 25.1 Å². The molecule has 1 aliphatic carbocycles. The number of pyridine rings is 1. The summed E-state index contributed by atoms with van der Waals surface area (Å²) in [6.07, 6.45) is 3.03. The number of aryl methyl sites for hydroxylation is 1. The van der Waals surface area contributed by atoms with Crippen LogP contribution in [0.3, 0.4) is 0 Å². The van der Waals surface area contributed by atoms with E-state index >= 15 is 4.39 Å². The molecule has 4 atom stereocenters. The first-order valence-electron chi connectivity index (χ1n) is 12.9. The Morgan fingerprint density at radius 1 is 1.32 bits per heavy atom. The normalized spacial score (nSPS) is 24.1. The van der Waals surface area contributed by atoms with E-state index in [0.717, 1.165) is 5.69 Å². The van der Waals surface area contributed by atoms with Crippen LogP contribution in [0.15, 0.2) is 41.1 Å². The largest absolute Gasteiger partial charge is 0.481 e. The fourth-order valence-electron chi connectivity index (χ4n) is 6.37. The minimum absolute atomic E-state index is 0.0310. The molecular formula is C28H27ClF2N6O3. The summed E-state index contributed by atoms with van der Waals surface area (Å²) in [7, 11) is 0. The number of aromatic nitrogens is 4. The van der Waals surface area contributed by atoms with Crippen LogP contribution in [0.5, 0.6) is 0 Å². The highest BCUT2D eigenvalue weighted by atomic mass is 35.5. The molecule has 4 heterocycles. The lowest BCUT2D eigenvalue weighted by molar-refractivity contribution is -0.146. The minimum Gasteiger partial charge on any atom is -0.481 e. The van der Waals surface area contributed by atoms with E-state index in [1.807, 2.05) is 18.7 Å². The van der Waals surface area contributed by atoms with Crippen LogP contribution in [0.4, 0.5) is 20.4 Å². The Morgan fingerprint density at radius 3 is 2.80 bits per heavy atom. The van der Waals surface area contributed by atoms with E-state index in [1.54, 1.807) is 25.1 Å². The topological polar surface area (TPSA) is 120 Å². The average molecular weight is 569 g/mol. The summed E-state index contributed by atoms with van der Waals surface area (Å²) < 4.78 is 36.5. The highest BCUT2D eigenvalue weighted by Crippen LogP contribution is 2.71. The first-order valence-corrected chi connectivity index (χ1v) is 13.3. The summed E-state index contributed by atoms with van der Waals surface area (Å²) in [5.74, 6) is -2.46. The van der Waals surface area contributed by atoms with Crippen molar-refractivity contribution in [2.24, 2.45) is 11.3 Å². The van der Waals surface area contributed by atoms with Gasteiger partial charge < -0.3 is 14.8 Å².